The van der Waals surface area contributed by atoms with Crippen molar-refractivity contribution in [2.75, 3.05) is 32.0 Å². The fraction of sp³-hybridized carbons (Fsp3) is 1.00. The molecule has 1 aliphatic heterocycles. The van der Waals surface area contributed by atoms with E-state index in [9.17, 15) is 13.5 Å². The minimum absolute atomic E-state index is 0.216. The Labute approximate surface area is 129 Å². The molecule has 0 amide bonds. The molecule has 5 nitrogen and oxygen atoms in total. The lowest BCUT2D eigenvalue weighted by Gasteiger charge is -2.34. The van der Waals surface area contributed by atoms with Crippen LogP contribution < -0.4 is 4.72 Å². The Balaban J connectivity index is 1.63. The van der Waals surface area contributed by atoms with Gasteiger partial charge in [0.1, 0.15) is 0 Å². The maximum Gasteiger partial charge on any atom is 0.211 e. The van der Waals surface area contributed by atoms with Gasteiger partial charge in [0, 0.05) is 12.6 Å². The van der Waals surface area contributed by atoms with Crippen LogP contribution in [0, 0.1) is 5.92 Å². The summed E-state index contributed by atoms with van der Waals surface area (Å²) in [5.41, 5.74) is 0. The highest BCUT2D eigenvalue weighted by atomic mass is 32.2. The monoisotopic (exact) mass is 318 g/mol. The lowest BCUT2D eigenvalue weighted by molar-refractivity contribution is 0.0896. The van der Waals surface area contributed by atoms with Crippen molar-refractivity contribution in [1.82, 2.24) is 9.62 Å². The predicted octanol–water partition coefficient (Wildman–Crippen LogP) is 1.33. The number of aliphatic hydroxyl groups is 1. The van der Waals surface area contributed by atoms with Gasteiger partial charge in [-0.05, 0) is 51.1 Å². The molecule has 124 valence electrons. The van der Waals surface area contributed by atoms with Crippen LogP contribution in [-0.2, 0) is 10.0 Å². The Morgan fingerprint density at radius 3 is 2.52 bits per heavy atom. The number of nitrogens with one attached hydrogen (secondary N) is 1. The van der Waals surface area contributed by atoms with Crippen molar-refractivity contribution < 1.29 is 13.5 Å². The highest BCUT2D eigenvalue weighted by molar-refractivity contribution is 7.89. The third-order valence-electron chi connectivity index (χ3n) is 4.83. The summed E-state index contributed by atoms with van der Waals surface area (Å²) in [6.45, 7) is 2.63. The van der Waals surface area contributed by atoms with Gasteiger partial charge < -0.3 is 5.11 Å². The van der Waals surface area contributed by atoms with Gasteiger partial charge in [-0.1, -0.05) is 19.3 Å². The van der Waals surface area contributed by atoms with Gasteiger partial charge in [-0.25, -0.2) is 13.1 Å². The van der Waals surface area contributed by atoms with E-state index in [1.54, 1.807) is 0 Å². The van der Waals surface area contributed by atoms with Gasteiger partial charge in [-0.2, -0.15) is 0 Å². The molecule has 2 rings (SSSR count). The van der Waals surface area contributed by atoms with Crippen LogP contribution in [-0.4, -0.2) is 56.5 Å². The summed E-state index contributed by atoms with van der Waals surface area (Å²) in [4.78, 5) is 2.30. The first kappa shape index (κ1) is 17.2. The van der Waals surface area contributed by atoms with E-state index < -0.39 is 10.0 Å². The molecule has 6 heteroatoms. The summed E-state index contributed by atoms with van der Waals surface area (Å²) >= 11 is 0. The first-order chi connectivity index (χ1) is 10.1. The number of piperidine rings is 1. The van der Waals surface area contributed by atoms with Crippen LogP contribution >= 0.6 is 0 Å². The van der Waals surface area contributed by atoms with Gasteiger partial charge in [0.25, 0.3) is 0 Å². The number of sulfonamides is 1. The quantitative estimate of drug-likeness (QED) is 0.663. The van der Waals surface area contributed by atoms with Gasteiger partial charge in [-0.15, -0.1) is 0 Å². The molecule has 0 radical (unpaired) electrons. The smallest absolute Gasteiger partial charge is 0.211 e. The van der Waals surface area contributed by atoms with Crippen molar-refractivity contribution in [3.63, 3.8) is 0 Å². The van der Waals surface area contributed by atoms with Gasteiger partial charge in [0.2, 0.25) is 10.0 Å². The van der Waals surface area contributed by atoms with Crippen LogP contribution in [0.25, 0.3) is 0 Å². The molecule has 0 aromatic carbocycles. The van der Waals surface area contributed by atoms with Crippen molar-refractivity contribution in [2.45, 2.75) is 57.4 Å². The first-order valence-corrected chi connectivity index (χ1v) is 10.1. The number of aliphatic hydroxyl groups excluding tert-OH is 1. The Bertz CT molecular complexity index is 394. The average Bonchev–Trinajstić information content (AvgIpc) is 2.96. The van der Waals surface area contributed by atoms with Gasteiger partial charge >= 0.3 is 0 Å². The van der Waals surface area contributed by atoms with Crippen molar-refractivity contribution in [1.29, 1.82) is 0 Å². The van der Waals surface area contributed by atoms with E-state index >= 15 is 0 Å². The maximum atomic E-state index is 12.0. The third kappa shape index (κ3) is 5.85. The largest absolute Gasteiger partial charge is 0.395 e. The molecule has 0 aromatic heterocycles. The van der Waals surface area contributed by atoms with E-state index in [1.807, 2.05) is 0 Å². The van der Waals surface area contributed by atoms with E-state index in [0.29, 0.717) is 18.2 Å². The van der Waals surface area contributed by atoms with Gasteiger partial charge in [-0.3, -0.25) is 4.90 Å². The molecule has 1 saturated carbocycles. The molecule has 2 fully saturated rings. The second-order valence-electron chi connectivity index (χ2n) is 6.55. The summed E-state index contributed by atoms with van der Waals surface area (Å²) < 4.78 is 26.7. The zero-order valence-electron chi connectivity index (χ0n) is 13.0. The molecule has 0 spiro atoms. The number of nitrogens with zero attached hydrogens (tertiary/aromatic N) is 1. The highest BCUT2D eigenvalue weighted by Gasteiger charge is 2.23. The summed E-state index contributed by atoms with van der Waals surface area (Å²) in [5.74, 6) is 0.666. The molecule has 0 aromatic rings. The number of rotatable bonds is 8. The molecule has 1 aliphatic carbocycles. The Kier molecular flexibility index (Phi) is 6.92. The molecule has 2 aliphatic rings. The first-order valence-electron chi connectivity index (χ1n) is 8.43. The van der Waals surface area contributed by atoms with Crippen LogP contribution in [0.1, 0.15) is 51.4 Å². The molecule has 21 heavy (non-hydrogen) atoms. The number of hydrogen-bond acceptors (Lipinski definition) is 4. The lowest BCUT2D eigenvalue weighted by atomic mass is 10.0. The fourth-order valence-electron chi connectivity index (χ4n) is 3.62. The molecule has 2 N–H and O–H groups in total. The molecule has 1 saturated heterocycles. The molecule has 1 atom stereocenters. The van der Waals surface area contributed by atoms with Crippen LogP contribution in [0.3, 0.4) is 0 Å². The Morgan fingerprint density at radius 1 is 1.10 bits per heavy atom. The molecule has 1 heterocycles. The number of likely N-dealkylation sites (tertiary alicyclic amines) is 1. The van der Waals surface area contributed by atoms with Crippen molar-refractivity contribution in [3.05, 3.63) is 0 Å². The molecular formula is C15H30N2O3S. The van der Waals surface area contributed by atoms with E-state index in [2.05, 4.69) is 9.62 Å². The lowest BCUT2D eigenvalue weighted by Crippen LogP contribution is -2.43. The summed E-state index contributed by atoms with van der Waals surface area (Å²) in [7, 11) is -3.10. The minimum atomic E-state index is -3.10. The van der Waals surface area contributed by atoms with E-state index in [4.69, 9.17) is 0 Å². The molecule has 0 bridgehead atoms. The average molecular weight is 318 g/mol. The van der Waals surface area contributed by atoms with Crippen LogP contribution in [0.5, 0.6) is 0 Å². The summed E-state index contributed by atoms with van der Waals surface area (Å²) in [6, 6.07) is 0.272. The van der Waals surface area contributed by atoms with E-state index in [-0.39, 0.29) is 12.6 Å². The second kappa shape index (κ2) is 8.46. The fourth-order valence-corrected chi connectivity index (χ4v) is 5.14. The molecule has 0 unspecified atom stereocenters. The second-order valence-corrected chi connectivity index (χ2v) is 8.40. The zero-order chi connectivity index (χ0) is 15.1. The SMILES string of the molecule is O=S(=O)(CC1CCCC1)NCCCN1CCCC[C@H]1CO. The predicted molar refractivity (Wildman–Crippen MR) is 84.7 cm³/mol. The third-order valence-corrected chi connectivity index (χ3v) is 6.39. The molecular weight excluding hydrogens is 288 g/mol. The van der Waals surface area contributed by atoms with Crippen LogP contribution in [0.15, 0.2) is 0 Å². The summed E-state index contributed by atoms with van der Waals surface area (Å²) in [6.07, 6.45) is 8.74. The van der Waals surface area contributed by atoms with Crippen molar-refractivity contribution >= 4 is 10.0 Å². The van der Waals surface area contributed by atoms with Crippen LogP contribution in [0.4, 0.5) is 0 Å². The van der Waals surface area contributed by atoms with Crippen molar-refractivity contribution in [2.24, 2.45) is 5.92 Å². The standard InChI is InChI=1S/C15H30N2O3S/c18-12-15-8-3-4-10-17(15)11-5-9-16-21(19,20)13-14-6-1-2-7-14/h14-16,18H,1-13H2/t15-/m0/s1. The van der Waals surface area contributed by atoms with E-state index in [1.165, 1.54) is 25.7 Å². The Morgan fingerprint density at radius 2 is 1.81 bits per heavy atom. The van der Waals surface area contributed by atoms with Crippen molar-refractivity contribution in [3.8, 4) is 0 Å². The number of hydrogen-bond donors (Lipinski definition) is 2. The normalized spacial score (nSPS) is 25.5. The van der Waals surface area contributed by atoms with Gasteiger partial charge in [0.15, 0.2) is 0 Å². The van der Waals surface area contributed by atoms with E-state index in [0.717, 1.165) is 38.8 Å². The minimum Gasteiger partial charge on any atom is -0.395 e. The highest BCUT2D eigenvalue weighted by Crippen LogP contribution is 2.25. The topological polar surface area (TPSA) is 69.6 Å². The maximum absolute atomic E-state index is 12.0. The Hall–Kier alpha value is -0.170. The summed E-state index contributed by atoms with van der Waals surface area (Å²) in [5, 5.41) is 9.35. The zero-order valence-corrected chi connectivity index (χ0v) is 13.8. The van der Waals surface area contributed by atoms with Crippen LogP contribution in [0.2, 0.25) is 0 Å². The van der Waals surface area contributed by atoms with Gasteiger partial charge in [0.05, 0.1) is 12.4 Å².